The zero-order valence-electron chi connectivity index (χ0n) is 13.9. The molecule has 2 aromatic carbocycles. The maximum Gasteiger partial charge on any atom is 0.335 e. The second-order valence-electron chi connectivity index (χ2n) is 6.69. The highest BCUT2D eigenvalue weighted by Crippen LogP contribution is 2.34. The van der Waals surface area contributed by atoms with Crippen LogP contribution in [-0.4, -0.2) is 34.5 Å². The van der Waals surface area contributed by atoms with Gasteiger partial charge in [-0.2, -0.15) is 0 Å². The van der Waals surface area contributed by atoms with Crippen LogP contribution >= 0.6 is 0 Å². The van der Waals surface area contributed by atoms with Crippen molar-refractivity contribution in [1.82, 2.24) is 4.90 Å². The first-order valence-corrected chi connectivity index (χ1v) is 8.59. The molecule has 128 valence electrons. The average molecular weight is 336 g/mol. The van der Waals surface area contributed by atoms with Crippen LogP contribution in [0.1, 0.15) is 34.3 Å². The molecule has 1 saturated heterocycles. The predicted molar refractivity (Wildman–Crippen MR) is 94.5 cm³/mol. The fourth-order valence-corrected chi connectivity index (χ4v) is 3.82. The minimum Gasteiger partial charge on any atom is -0.478 e. The molecule has 1 fully saturated rings. The summed E-state index contributed by atoms with van der Waals surface area (Å²) < 4.78 is 0. The summed E-state index contributed by atoms with van der Waals surface area (Å²) in [5.74, 6) is -0.901. The van der Waals surface area contributed by atoms with E-state index in [1.54, 1.807) is 17.0 Å². The van der Waals surface area contributed by atoms with E-state index in [2.05, 4.69) is 4.90 Å². The lowest BCUT2D eigenvalue weighted by atomic mass is 10.1. The van der Waals surface area contributed by atoms with Gasteiger partial charge in [-0.05, 0) is 42.6 Å². The van der Waals surface area contributed by atoms with Gasteiger partial charge in [0, 0.05) is 12.2 Å². The number of hydrogen-bond acceptors (Lipinski definition) is 3. The van der Waals surface area contributed by atoms with E-state index in [0.29, 0.717) is 13.1 Å². The molecule has 25 heavy (non-hydrogen) atoms. The van der Waals surface area contributed by atoms with Crippen LogP contribution < -0.4 is 4.90 Å². The second kappa shape index (κ2) is 6.33. The number of hydrogen-bond donors (Lipinski definition) is 1. The Labute approximate surface area is 146 Å². The van der Waals surface area contributed by atoms with Crippen molar-refractivity contribution in [3.05, 3.63) is 65.2 Å². The summed E-state index contributed by atoms with van der Waals surface area (Å²) in [5.41, 5.74) is 2.99. The van der Waals surface area contributed by atoms with Crippen LogP contribution in [0, 0.1) is 0 Å². The Morgan fingerprint density at radius 1 is 1.16 bits per heavy atom. The molecule has 2 aliphatic heterocycles. The van der Waals surface area contributed by atoms with Crippen molar-refractivity contribution in [1.29, 1.82) is 0 Å². The van der Waals surface area contributed by atoms with E-state index in [4.69, 9.17) is 0 Å². The third-order valence-corrected chi connectivity index (χ3v) is 5.09. The molecule has 0 saturated carbocycles. The number of aromatic carboxylic acids is 1. The first kappa shape index (κ1) is 15.8. The van der Waals surface area contributed by atoms with Crippen molar-refractivity contribution in [3.8, 4) is 0 Å². The zero-order chi connectivity index (χ0) is 17.4. The molecule has 0 spiro atoms. The quantitative estimate of drug-likeness (QED) is 0.936. The molecule has 0 radical (unpaired) electrons. The van der Waals surface area contributed by atoms with Gasteiger partial charge in [-0.3, -0.25) is 9.69 Å². The van der Waals surface area contributed by atoms with Crippen LogP contribution in [0.3, 0.4) is 0 Å². The molecular weight excluding hydrogens is 316 g/mol. The summed E-state index contributed by atoms with van der Waals surface area (Å²) in [5, 5.41) is 9.35. The molecule has 1 amide bonds. The van der Waals surface area contributed by atoms with Gasteiger partial charge in [0.25, 0.3) is 0 Å². The van der Waals surface area contributed by atoms with Crippen molar-refractivity contribution in [2.24, 2.45) is 0 Å². The Balaban J connectivity index is 1.80. The van der Waals surface area contributed by atoms with E-state index >= 15 is 0 Å². The lowest BCUT2D eigenvalue weighted by Crippen LogP contribution is -2.42. The molecule has 0 unspecified atom stereocenters. The minimum absolute atomic E-state index is 0.0719. The van der Waals surface area contributed by atoms with Crippen LogP contribution in [0.15, 0.2) is 48.5 Å². The van der Waals surface area contributed by atoms with Gasteiger partial charge in [0.2, 0.25) is 5.91 Å². The van der Waals surface area contributed by atoms with Gasteiger partial charge >= 0.3 is 5.97 Å². The van der Waals surface area contributed by atoms with Gasteiger partial charge in [-0.1, -0.05) is 36.4 Å². The maximum atomic E-state index is 13.2. The molecule has 5 nitrogen and oxygen atoms in total. The number of carboxylic acids is 1. The van der Waals surface area contributed by atoms with Crippen molar-refractivity contribution < 1.29 is 14.7 Å². The number of carbonyl (C=O) groups excluding carboxylic acids is 1. The Hall–Kier alpha value is -2.66. The molecular formula is C20H20N2O3. The van der Waals surface area contributed by atoms with E-state index < -0.39 is 5.97 Å². The molecule has 2 aromatic rings. The van der Waals surface area contributed by atoms with E-state index in [1.165, 1.54) is 0 Å². The zero-order valence-corrected chi connectivity index (χ0v) is 13.9. The first-order chi connectivity index (χ1) is 12.1. The third-order valence-electron chi connectivity index (χ3n) is 5.09. The molecule has 0 aliphatic carbocycles. The second-order valence-corrected chi connectivity index (χ2v) is 6.69. The molecule has 4 rings (SSSR count). The molecule has 0 bridgehead atoms. The van der Waals surface area contributed by atoms with E-state index in [9.17, 15) is 14.7 Å². The molecule has 2 aliphatic rings. The predicted octanol–water partition coefficient (Wildman–Crippen LogP) is 2.90. The number of amides is 1. The summed E-state index contributed by atoms with van der Waals surface area (Å²) in [7, 11) is 0. The number of fused-ring (bicyclic) bond motifs is 2. The number of benzene rings is 2. The van der Waals surface area contributed by atoms with E-state index in [-0.39, 0.29) is 17.5 Å². The van der Waals surface area contributed by atoms with Gasteiger partial charge in [0.15, 0.2) is 0 Å². The molecule has 1 N–H and O–H groups in total. The Bertz CT molecular complexity index is 819. The maximum absolute atomic E-state index is 13.2. The van der Waals surface area contributed by atoms with Gasteiger partial charge in [0.1, 0.15) is 0 Å². The van der Waals surface area contributed by atoms with Crippen LogP contribution in [0.25, 0.3) is 0 Å². The van der Waals surface area contributed by atoms with Crippen molar-refractivity contribution in [2.75, 3.05) is 11.4 Å². The van der Waals surface area contributed by atoms with E-state index in [1.807, 2.05) is 36.4 Å². The first-order valence-electron chi connectivity index (χ1n) is 8.59. The number of carboxylic acid groups (broad SMARTS) is 1. The van der Waals surface area contributed by atoms with E-state index in [0.717, 1.165) is 36.2 Å². The number of anilines is 1. The van der Waals surface area contributed by atoms with Crippen LogP contribution in [0.2, 0.25) is 0 Å². The summed E-state index contributed by atoms with van der Waals surface area (Å²) >= 11 is 0. The van der Waals surface area contributed by atoms with Crippen molar-refractivity contribution in [3.63, 3.8) is 0 Å². The third kappa shape index (κ3) is 2.91. The number of carbonyl (C=O) groups is 2. The van der Waals surface area contributed by atoms with Crippen LogP contribution in [0.5, 0.6) is 0 Å². The fourth-order valence-electron chi connectivity index (χ4n) is 3.82. The minimum atomic E-state index is -0.973. The van der Waals surface area contributed by atoms with Gasteiger partial charge in [0.05, 0.1) is 18.2 Å². The topological polar surface area (TPSA) is 60.9 Å². The molecule has 1 atom stereocenters. The monoisotopic (exact) mass is 336 g/mol. The summed E-state index contributed by atoms with van der Waals surface area (Å²) in [6.07, 6.45) is 1.89. The van der Waals surface area contributed by atoms with Gasteiger partial charge < -0.3 is 10.0 Å². The lowest BCUT2D eigenvalue weighted by Gasteiger charge is -2.26. The highest BCUT2D eigenvalue weighted by molar-refractivity contribution is 6.00. The SMILES string of the molecule is O=C(O)c1ccc2c(c1)N(Cc1ccccc1)C(=O)[C@H]1CCCN1C2. The Morgan fingerprint density at radius 3 is 2.72 bits per heavy atom. The van der Waals surface area contributed by atoms with Crippen molar-refractivity contribution >= 4 is 17.6 Å². The molecule has 5 heteroatoms. The average Bonchev–Trinajstić information content (AvgIpc) is 3.05. The fraction of sp³-hybridized carbons (Fsp3) is 0.300. The van der Waals surface area contributed by atoms with Crippen LogP contribution in [0.4, 0.5) is 5.69 Å². The summed E-state index contributed by atoms with van der Waals surface area (Å²) in [6, 6.07) is 14.8. The van der Waals surface area contributed by atoms with Gasteiger partial charge in [-0.15, -0.1) is 0 Å². The molecule has 2 heterocycles. The largest absolute Gasteiger partial charge is 0.478 e. The van der Waals surface area contributed by atoms with Crippen molar-refractivity contribution in [2.45, 2.75) is 32.0 Å². The van der Waals surface area contributed by atoms with Crippen LogP contribution in [-0.2, 0) is 17.9 Å². The Morgan fingerprint density at radius 2 is 1.96 bits per heavy atom. The molecule has 0 aromatic heterocycles. The highest BCUT2D eigenvalue weighted by atomic mass is 16.4. The number of rotatable bonds is 3. The normalized spacial score (nSPS) is 20.1. The standard InChI is InChI=1S/C20H20N2O3/c23-19-17-7-4-10-21(17)13-16-9-8-15(20(24)25)11-18(16)22(19)12-14-5-2-1-3-6-14/h1-3,5-6,8-9,11,17H,4,7,10,12-13H2,(H,24,25)/t17-/m1/s1. The smallest absolute Gasteiger partial charge is 0.335 e. The number of nitrogens with zero attached hydrogens (tertiary/aromatic N) is 2. The van der Waals surface area contributed by atoms with Gasteiger partial charge in [-0.25, -0.2) is 4.79 Å². The summed E-state index contributed by atoms with van der Waals surface area (Å²) in [4.78, 5) is 28.6. The summed E-state index contributed by atoms with van der Waals surface area (Å²) in [6.45, 7) is 2.06. The highest BCUT2D eigenvalue weighted by Gasteiger charge is 2.38. The Kier molecular flexibility index (Phi) is 4.01. The lowest BCUT2D eigenvalue weighted by molar-refractivity contribution is -0.122.